The zero-order valence-corrected chi connectivity index (χ0v) is 12.4. The number of carbonyl (C=O) groups is 1. The number of phenolic OH excluding ortho intramolecular Hbond substituents is 1. The minimum absolute atomic E-state index is 0.0404. The van der Waals surface area contributed by atoms with E-state index in [-0.39, 0.29) is 21.6 Å². The summed E-state index contributed by atoms with van der Waals surface area (Å²) in [7, 11) is 0. The van der Waals surface area contributed by atoms with Crippen molar-refractivity contribution >= 4 is 34.8 Å². The van der Waals surface area contributed by atoms with Crippen LogP contribution in [-0.4, -0.2) is 16.0 Å². The van der Waals surface area contributed by atoms with Crippen LogP contribution in [0.15, 0.2) is 24.3 Å². The molecule has 0 aliphatic carbocycles. The van der Waals surface area contributed by atoms with E-state index in [1.54, 1.807) is 26.0 Å². The highest BCUT2D eigenvalue weighted by molar-refractivity contribution is 6.35. The van der Waals surface area contributed by atoms with Gasteiger partial charge in [0, 0.05) is 11.3 Å². The molecule has 2 N–H and O–H groups in total. The van der Waals surface area contributed by atoms with Gasteiger partial charge in [0.15, 0.2) is 0 Å². The number of benzene rings is 1. The topological polar surface area (TPSA) is 62.2 Å². The van der Waals surface area contributed by atoms with Crippen molar-refractivity contribution in [2.24, 2.45) is 0 Å². The third-order valence-corrected chi connectivity index (χ3v) is 3.42. The van der Waals surface area contributed by atoms with Crippen LogP contribution in [0.1, 0.15) is 21.6 Å². The molecule has 104 valence electrons. The van der Waals surface area contributed by atoms with Crippen LogP contribution in [0.25, 0.3) is 0 Å². The SMILES string of the molecule is Cc1ccc(NC(=O)c2nc(Cl)ccc2Cl)c(C)c1O. The second-order valence-corrected chi connectivity index (χ2v) is 5.12. The molecule has 0 fully saturated rings. The normalized spacial score (nSPS) is 10.4. The maximum atomic E-state index is 12.1. The number of anilines is 1. The van der Waals surface area contributed by atoms with E-state index in [1.807, 2.05) is 0 Å². The number of carbonyl (C=O) groups excluding carboxylic acids is 1. The number of rotatable bonds is 2. The number of halogens is 2. The van der Waals surface area contributed by atoms with Crippen LogP contribution in [-0.2, 0) is 0 Å². The quantitative estimate of drug-likeness (QED) is 0.825. The van der Waals surface area contributed by atoms with E-state index in [0.717, 1.165) is 5.56 Å². The summed E-state index contributed by atoms with van der Waals surface area (Å²) in [4.78, 5) is 16.0. The molecule has 1 aromatic carbocycles. The molecule has 2 aromatic rings. The molecule has 0 saturated heterocycles. The summed E-state index contributed by atoms with van der Waals surface area (Å²) in [6.07, 6.45) is 0. The summed E-state index contributed by atoms with van der Waals surface area (Å²) in [5.74, 6) is -0.336. The summed E-state index contributed by atoms with van der Waals surface area (Å²) < 4.78 is 0. The molecule has 0 saturated carbocycles. The third kappa shape index (κ3) is 2.86. The number of pyridine rings is 1. The predicted molar refractivity (Wildman–Crippen MR) is 79.8 cm³/mol. The second kappa shape index (κ2) is 5.69. The molecule has 1 aromatic heterocycles. The van der Waals surface area contributed by atoms with Gasteiger partial charge in [0.05, 0.1) is 5.02 Å². The molecule has 0 radical (unpaired) electrons. The standard InChI is InChI=1S/C14H12Cl2N2O2/c1-7-3-5-10(8(2)13(7)19)17-14(20)12-9(15)4-6-11(16)18-12/h3-6,19H,1-2H3,(H,17,20). The lowest BCUT2D eigenvalue weighted by Gasteiger charge is -2.11. The molecule has 0 aliphatic rings. The van der Waals surface area contributed by atoms with Crippen molar-refractivity contribution in [2.45, 2.75) is 13.8 Å². The van der Waals surface area contributed by atoms with Crippen LogP contribution in [0.2, 0.25) is 10.2 Å². The highest BCUT2D eigenvalue weighted by Crippen LogP contribution is 2.28. The molecular weight excluding hydrogens is 299 g/mol. The number of nitrogens with zero attached hydrogens (tertiary/aromatic N) is 1. The molecule has 20 heavy (non-hydrogen) atoms. The first-order valence-electron chi connectivity index (χ1n) is 5.82. The molecule has 6 heteroatoms. The first kappa shape index (κ1) is 14.6. The maximum absolute atomic E-state index is 12.1. The highest BCUT2D eigenvalue weighted by atomic mass is 35.5. The van der Waals surface area contributed by atoms with Crippen LogP contribution in [0.4, 0.5) is 5.69 Å². The molecule has 0 bridgehead atoms. The molecular formula is C14H12Cl2N2O2. The fourth-order valence-corrected chi connectivity index (χ4v) is 2.07. The highest BCUT2D eigenvalue weighted by Gasteiger charge is 2.15. The number of nitrogens with one attached hydrogen (secondary N) is 1. The molecule has 1 heterocycles. The van der Waals surface area contributed by atoms with Crippen molar-refractivity contribution in [3.63, 3.8) is 0 Å². The van der Waals surface area contributed by atoms with E-state index >= 15 is 0 Å². The van der Waals surface area contributed by atoms with Gasteiger partial charge in [-0.25, -0.2) is 4.98 Å². The van der Waals surface area contributed by atoms with E-state index in [0.29, 0.717) is 11.3 Å². The predicted octanol–water partition coefficient (Wildman–Crippen LogP) is 3.96. The lowest BCUT2D eigenvalue weighted by atomic mass is 10.1. The van der Waals surface area contributed by atoms with E-state index in [1.165, 1.54) is 12.1 Å². The maximum Gasteiger partial charge on any atom is 0.275 e. The van der Waals surface area contributed by atoms with Crippen molar-refractivity contribution in [2.75, 3.05) is 5.32 Å². The molecule has 0 aliphatic heterocycles. The molecule has 0 atom stereocenters. The number of phenols is 1. The van der Waals surface area contributed by atoms with Crippen LogP contribution >= 0.6 is 23.2 Å². The Balaban J connectivity index is 2.33. The van der Waals surface area contributed by atoms with E-state index in [4.69, 9.17) is 23.2 Å². The summed E-state index contributed by atoms with van der Waals surface area (Å²) in [6, 6.07) is 6.43. The van der Waals surface area contributed by atoms with Gasteiger partial charge in [-0.2, -0.15) is 0 Å². The summed E-state index contributed by atoms with van der Waals surface area (Å²) >= 11 is 11.7. The van der Waals surface area contributed by atoms with E-state index < -0.39 is 5.91 Å². The van der Waals surface area contributed by atoms with Gasteiger partial charge in [0.25, 0.3) is 5.91 Å². The Labute approximate surface area is 126 Å². The summed E-state index contributed by atoms with van der Waals surface area (Å²) in [6.45, 7) is 3.49. The average molecular weight is 311 g/mol. The number of hydrogen-bond donors (Lipinski definition) is 2. The number of amides is 1. The monoisotopic (exact) mass is 310 g/mol. The zero-order chi connectivity index (χ0) is 14.9. The molecule has 4 nitrogen and oxygen atoms in total. The fourth-order valence-electron chi connectivity index (χ4n) is 1.73. The van der Waals surface area contributed by atoms with Crippen molar-refractivity contribution < 1.29 is 9.90 Å². The minimum Gasteiger partial charge on any atom is -0.507 e. The first-order valence-corrected chi connectivity index (χ1v) is 6.58. The lowest BCUT2D eigenvalue weighted by Crippen LogP contribution is -2.15. The Hall–Kier alpha value is -1.78. The Morgan fingerprint density at radius 1 is 1.20 bits per heavy atom. The Morgan fingerprint density at radius 3 is 2.60 bits per heavy atom. The smallest absolute Gasteiger partial charge is 0.275 e. The van der Waals surface area contributed by atoms with Crippen LogP contribution in [0.3, 0.4) is 0 Å². The van der Waals surface area contributed by atoms with E-state index in [2.05, 4.69) is 10.3 Å². The average Bonchev–Trinajstić information content (AvgIpc) is 2.42. The van der Waals surface area contributed by atoms with Gasteiger partial charge in [-0.3, -0.25) is 4.79 Å². The molecule has 1 amide bonds. The number of aromatic hydroxyl groups is 1. The third-order valence-electron chi connectivity index (χ3n) is 2.91. The van der Waals surface area contributed by atoms with Crippen molar-refractivity contribution in [1.29, 1.82) is 0 Å². The van der Waals surface area contributed by atoms with Gasteiger partial charge in [-0.15, -0.1) is 0 Å². The van der Waals surface area contributed by atoms with Gasteiger partial charge in [-0.1, -0.05) is 29.3 Å². The number of aryl methyl sites for hydroxylation is 1. The minimum atomic E-state index is -0.483. The molecule has 0 spiro atoms. The van der Waals surface area contributed by atoms with E-state index in [9.17, 15) is 9.90 Å². The molecule has 2 rings (SSSR count). The second-order valence-electron chi connectivity index (χ2n) is 4.32. The number of hydrogen-bond acceptors (Lipinski definition) is 3. The first-order chi connectivity index (χ1) is 9.40. The molecule has 0 unspecified atom stereocenters. The van der Waals surface area contributed by atoms with Crippen LogP contribution < -0.4 is 5.32 Å². The van der Waals surface area contributed by atoms with Gasteiger partial charge in [0.1, 0.15) is 16.6 Å². The summed E-state index contributed by atoms with van der Waals surface area (Å²) in [5, 5.41) is 12.9. The Morgan fingerprint density at radius 2 is 1.90 bits per heavy atom. The zero-order valence-electron chi connectivity index (χ0n) is 10.9. The number of aromatic nitrogens is 1. The fraction of sp³-hybridized carbons (Fsp3) is 0.143. The van der Waals surface area contributed by atoms with Crippen LogP contribution in [0.5, 0.6) is 5.75 Å². The lowest BCUT2D eigenvalue weighted by molar-refractivity contribution is 0.102. The van der Waals surface area contributed by atoms with Crippen LogP contribution in [0, 0.1) is 13.8 Å². The van der Waals surface area contributed by atoms with Crippen molar-refractivity contribution in [1.82, 2.24) is 4.98 Å². The largest absolute Gasteiger partial charge is 0.507 e. The van der Waals surface area contributed by atoms with Crippen molar-refractivity contribution in [3.8, 4) is 5.75 Å². The van der Waals surface area contributed by atoms with Gasteiger partial charge in [-0.05, 0) is 37.6 Å². The van der Waals surface area contributed by atoms with Gasteiger partial charge in [0.2, 0.25) is 0 Å². The van der Waals surface area contributed by atoms with Gasteiger partial charge >= 0.3 is 0 Å². The summed E-state index contributed by atoms with van der Waals surface area (Å²) in [5.41, 5.74) is 1.85. The Kier molecular flexibility index (Phi) is 4.16. The van der Waals surface area contributed by atoms with Gasteiger partial charge < -0.3 is 10.4 Å². The Bertz CT molecular complexity index is 687. The van der Waals surface area contributed by atoms with Crippen molar-refractivity contribution in [3.05, 3.63) is 51.3 Å².